The van der Waals surface area contributed by atoms with E-state index in [1.54, 1.807) is 6.92 Å². The summed E-state index contributed by atoms with van der Waals surface area (Å²) >= 11 is 0. The van der Waals surface area contributed by atoms with Gasteiger partial charge in [0.15, 0.2) is 5.78 Å². The summed E-state index contributed by atoms with van der Waals surface area (Å²) in [4.78, 5) is 11.5. The predicted octanol–water partition coefficient (Wildman–Crippen LogP) is 3.23. The number of ketones is 1. The Bertz CT molecular complexity index is 362. The van der Waals surface area contributed by atoms with Crippen LogP contribution in [0.15, 0.2) is 4.52 Å². The molecule has 0 aliphatic heterocycles. The van der Waals surface area contributed by atoms with E-state index in [9.17, 15) is 4.79 Å². The maximum atomic E-state index is 11.5. The van der Waals surface area contributed by atoms with Crippen molar-refractivity contribution in [1.29, 1.82) is 0 Å². The van der Waals surface area contributed by atoms with Gasteiger partial charge >= 0.3 is 0 Å². The monoisotopic (exact) mass is 207 g/mol. The van der Waals surface area contributed by atoms with Crippen LogP contribution < -0.4 is 0 Å². The van der Waals surface area contributed by atoms with Crippen molar-refractivity contribution in [3.05, 3.63) is 17.0 Å². The number of carbonyl (C=O) groups excluding carboxylic acids is 1. The lowest BCUT2D eigenvalue weighted by molar-refractivity contribution is 0.101. The van der Waals surface area contributed by atoms with Crippen LogP contribution in [0, 0.1) is 6.92 Å². The minimum absolute atomic E-state index is 0.0781. The van der Waals surface area contributed by atoms with Crippen LogP contribution in [-0.2, 0) is 0 Å². The Hall–Kier alpha value is -1.12. The van der Waals surface area contributed by atoms with E-state index in [4.69, 9.17) is 4.52 Å². The molecule has 1 aliphatic rings. The molecule has 0 spiro atoms. The fourth-order valence-electron chi connectivity index (χ4n) is 2.47. The van der Waals surface area contributed by atoms with Crippen molar-refractivity contribution < 1.29 is 9.32 Å². The molecule has 82 valence electrons. The van der Waals surface area contributed by atoms with E-state index in [1.807, 2.05) is 6.92 Å². The molecule has 3 nitrogen and oxygen atoms in total. The Morgan fingerprint density at radius 2 is 2.00 bits per heavy atom. The number of aromatic nitrogens is 1. The topological polar surface area (TPSA) is 43.1 Å². The third kappa shape index (κ3) is 1.96. The van der Waals surface area contributed by atoms with Crippen molar-refractivity contribution >= 4 is 5.78 Å². The van der Waals surface area contributed by atoms with Gasteiger partial charge in [-0.2, -0.15) is 0 Å². The molecule has 1 heterocycles. The van der Waals surface area contributed by atoms with Crippen molar-refractivity contribution in [1.82, 2.24) is 5.16 Å². The van der Waals surface area contributed by atoms with Crippen LogP contribution in [0.1, 0.15) is 66.8 Å². The minimum Gasteiger partial charge on any atom is -0.361 e. The molecule has 1 aromatic heterocycles. The van der Waals surface area contributed by atoms with Crippen LogP contribution in [0.4, 0.5) is 0 Å². The summed E-state index contributed by atoms with van der Waals surface area (Å²) in [5, 5.41) is 4.06. The molecule has 0 radical (unpaired) electrons. The molecule has 0 bridgehead atoms. The van der Waals surface area contributed by atoms with Crippen molar-refractivity contribution in [3.63, 3.8) is 0 Å². The van der Waals surface area contributed by atoms with E-state index < -0.39 is 0 Å². The van der Waals surface area contributed by atoms with Gasteiger partial charge in [0.1, 0.15) is 5.76 Å². The van der Waals surface area contributed by atoms with Crippen LogP contribution in [0.25, 0.3) is 0 Å². The van der Waals surface area contributed by atoms with Gasteiger partial charge in [0.05, 0.1) is 11.3 Å². The second-order valence-corrected chi connectivity index (χ2v) is 4.39. The van der Waals surface area contributed by atoms with Gasteiger partial charge in [-0.15, -0.1) is 0 Å². The number of Topliss-reactive ketones (excluding diaryl/α,β-unsaturated/α-hetero) is 1. The largest absolute Gasteiger partial charge is 0.361 e. The first-order chi connectivity index (χ1) is 7.20. The maximum absolute atomic E-state index is 11.5. The van der Waals surface area contributed by atoms with Gasteiger partial charge in [-0.25, -0.2) is 0 Å². The molecule has 15 heavy (non-hydrogen) atoms. The summed E-state index contributed by atoms with van der Waals surface area (Å²) in [7, 11) is 0. The second kappa shape index (κ2) is 4.17. The highest BCUT2D eigenvalue weighted by molar-refractivity contribution is 5.96. The summed E-state index contributed by atoms with van der Waals surface area (Å²) in [6.45, 7) is 3.40. The Kier molecular flexibility index (Phi) is 2.89. The van der Waals surface area contributed by atoms with Gasteiger partial charge < -0.3 is 4.52 Å². The van der Waals surface area contributed by atoms with Crippen molar-refractivity contribution in [2.24, 2.45) is 0 Å². The van der Waals surface area contributed by atoms with E-state index in [-0.39, 0.29) is 5.78 Å². The Labute approximate surface area is 89.8 Å². The molecule has 1 aliphatic carbocycles. The molecule has 1 fully saturated rings. The molecule has 0 saturated heterocycles. The molecule has 0 atom stereocenters. The zero-order chi connectivity index (χ0) is 10.8. The molecule has 0 unspecified atom stereocenters. The number of carbonyl (C=O) groups is 1. The van der Waals surface area contributed by atoms with E-state index in [2.05, 4.69) is 5.16 Å². The van der Waals surface area contributed by atoms with Gasteiger partial charge in [-0.3, -0.25) is 4.79 Å². The highest BCUT2D eigenvalue weighted by Crippen LogP contribution is 2.34. The molecule has 3 heteroatoms. The lowest BCUT2D eigenvalue weighted by atomic mass is 9.85. The van der Waals surface area contributed by atoms with E-state index >= 15 is 0 Å². The average molecular weight is 207 g/mol. The first kappa shape index (κ1) is 10.4. The predicted molar refractivity (Wildman–Crippen MR) is 57.1 cm³/mol. The fourth-order valence-corrected chi connectivity index (χ4v) is 2.47. The molecular weight excluding hydrogens is 190 g/mol. The van der Waals surface area contributed by atoms with E-state index in [1.165, 1.54) is 19.3 Å². The third-order valence-corrected chi connectivity index (χ3v) is 3.23. The summed E-state index contributed by atoms with van der Waals surface area (Å²) < 4.78 is 5.14. The highest BCUT2D eigenvalue weighted by Gasteiger charge is 2.25. The van der Waals surface area contributed by atoms with Crippen molar-refractivity contribution in [3.8, 4) is 0 Å². The summed E-state index contributed by atoms with van der Waals surface area (Å²) in [5.74, 6) is 1.19. The SMILES string of the molecule is CC(=O)c1c(C2CCCCC2)noc1C. The molecule has 0 aromatic carbocycles. The van der Waals surface area contributed by atoms with E-state index in [0.29, 0.717) is 11.7 Å². The molecule has 1 saturated carbocycles. The second-order valence-electron chi connectivity index (χ2n) is 4.39. The molecule has 0 amide bonds. The minimum atomic E-state index is 0.0781. The average Bonchev–Trinajstić information content (AvgIpc) is 2.61. The van der Waals surface area contributed by atoms with Gasteiger partial charge in [0, 0.05) is 5.92 Å². The molecule has 0 N–H and O–H groups in total. The Morgan fingerprint density at radius 1 is 1.33 bits per heavy atom. The zero-order valence-corrected chi connectivity index (χ0v) is 9.38. The lowest BCUT2D eigenvalue weighted by Crippen LogP contribution is -2.09. The number of hydrogen-bond acceptors (Lipinski definition) is 3. The third-order valence-electron chi connectivity index (χ3n) is 3.23. The smallest absolute Gasteiger partial charge is 0.165 e. The van der Waals surface area contributed by atoms with E-state index in [0.717, 1.165) is 24.1 Å². The van der Waals surface area contributed by atoms with Crippen molar-refractivity contribution in [2.45, 2.75) is 51.9 Å². The zero-order valence-electron chi connectivity index (χ0n) is 9.38. The van der Waals surface area contributed by atoms with Crippen LogP contribution in [0.5, 0.6) is 0 Å². The number of nitrogens with zero attached hydrogens (tertiary/aromatic N) is 1. The number of rotatable bonds is 2. The molecule has 2 rings (SSSR count). The number of hydrogen-bond donors (Lipinski definition) is 0. The first-order valence-corrected chi connectivity index (χ1v) is 5.67. The van der Waals surface area contributed by atoms with Crippen LogP contribution in [0.3, 0.4) is 0 Å². The summed E-state index contributed by atoms with van der Waals surface area (Å²) in [6, 6.07) is 0. The van der Waals surface area contributed by atoms with Crippen LogP contribution in [0.2, 0.25) is 0 Å². The van der Waals surface area contributed by atoms with Gasteiger partial charge in [0.25, 0.3) is 0 Å². The lowest BCUT2D eigenvalue weighted by Gasteiger charge is -2.19. The van der Waals surface area contributed by atoms with Crippen LogP contribution in [-0.4, -0.2) is 10.9 Å². The highest BCUT2D eigenvalue weighted by atomic mass is 16.5. The first-order valence-electron chi connectivity index (χ1n) is 5.67. The normalized spacial score (nSPS) is 18.0. The number of aryl methyl sites for hydroxylation is 1. The maximum Gasteiger partial charge on any atom is 0.165 e. The van der Waals surface area contributed by atoms with Crippen molar-refractivity contribution in [2.75, 3.05) is 0 Å². The Balaban J connectivity index is 2.30. The molecular formula is C12H17NO2. The van der Waals surface area contributed by atoms with Crippen LogP contribution >= 0.6 is 0 Å². The standard InChI is InChI=1S/C12H17NO2/c1-8(14)11-9(2)15-13-12(11)10-6-4-3-5-7-10/h10H,3-7H2,1-2H3. The molecule has 1 aromatic rings. The quantitative estimate of drug-likeness (QED) is 0.699. The van der Waals surface area contributed by atoms with Gasteiger partial charge in [0.2, 0.25) is 0 Å². The summed E-state index contributed by atoms with van der Waals surface area (Å²) in [5.41, 5.74) is 1.63. The van der Waals surface area contributed by atoms with Gasteiger partial charge in [-0.1, -0.05) is 24.4 Å². The van der Waals surface area contributed by atoms with Gasteiger partial charge in [-0.05, 0) is 26.7 Å². The fraction of sp³-hybridized carbons (Fsp3) is 0.667. The Morgan fingerprint density at radius 3 is 2.60 bits per heavy atom. The summed E-state index contributed by atoms with van der Waals surface area (Å²) in [6.07, 6.45) is 6.09.